The lowest BCUT2D eigenvalue weighted by atomic mass is 10.0. The number of nitrogens with zero attached hydrogens (tertiary/aromatic N) is 4. The Morgan fingerprint density at radius 1 is 1.20 bits per heavy atom. The molecule has 2 aromatic heterocycles. The van der Waals surface area contributed by atoms with Gasteiger partial charge in [0.25, 0.3) is 0 Å². The SMILES string of the molecule is CC(C)n1nc(C2CC2)c2c1Nc1ncc(C(F)(F)F)c(n1)N[C@@H]1COC[C@H]1CO2. The van der Waals surface area contributed by atoms with Crippen LogP contribution >= 0.6 is 0 Å². The molecule has 2 N–H and O–H groups in total. The normalized spacial score (nSPS) is 23.7. The van der Waals surface area contributed by atoms with E-state index in [2.05, 4.69) is 20.6 Å². The number of alkyl halides is 3. The predicted octanol–water partition coefficient (Wildman–Crippen LogP) is 3.71. The highest BCUT2D eigenvalue weighted by atomic mass is 19.4. The van der Waals surface area contributed by atoms with Gasteiger partial charge >= 0.3 is 6.18 Å². The van der Waals surface area contributed by atoms with Crippen LogP contribution in [-0.4, -0.2) is 45.6 Å². The fourth-order valence-corrected chi connectivity index (χ4v) is 3.84. The summed E-state index contributed by atoms with van der Waals surface area (Å²) in [5.41, 5.74) is -0.0314. The van der Waals surface area contributed by atoms with Crippen LogP contribution in [0.2, 0.25) is 0 Å². The maximum absolute atomic E-state index is 13.5. The van der Waals surface area contributed by atoms with Gasteiger partial charge in [-0.3, -0.25) is 0 Å². The van der Waals surface area contributed by atoms with Crippen LogP contribution in [0.5, 0.6) is 5.75 Å². The molecule has 5 rings (SSSR count). The van der Waals surface area contributed by atoms with Gasteiger partial charge in [-0.05, 0) is 26.7 Å². The van der Waals surface area contributed by atoms with Gasteiger partial charge in [-0.15, -0.1) is 0 Å². The number of fused-ring (bicyclic) bond motifs is 4. The summed E-state index contributed by atoms with van der Waals surface area (Å²) >= 11 is 0. The van der Waals surface area contributed by atoms with Crippen molar-refractivity contribution in [1.29, 1.82) is 0 Å². The second-order valence-electron chi connectivity index (χ2n) is 8.31. The van der Waals surface area contributed by atoms with Crippen molar-refractivity contribution in [2.45, 2.75) is 50.9 Å². The zero-order valence-electron chi connectivity index (χ0n) is 16.7. The monoisotopic (exact) mass is 424 g/mol. The van der Waals surface area contributed by atoms with E-state index in [-0.39, 0.29) is 36.4 Å². The molecule has 30 heavy (non-hydrogen) atoms. The third-order valence-corrected chi connectivity index (χ3v) is 5.63. The molecule has 2 aliphatic heterocycles. The van der Waals surface area contributed by atoms with E-state index in [1.807, 2.05) is 13.8 Å². The van der Waals surface area contributed by atoms with E-state index >= 15 is 0 Å². The lowest BCUT2D eigenvalue weighted by Gasteiger charge is -2.21. The zero-order valence-corrected chi connectivity index (χ0v) is 16.7. The number of hydrogen-bond acceptors (Lipinski definition) is 7. The van der Waals surface area contributed by atoms with Gasteiger partial charge in [0.05, 0.1) is 25.9 Å². The van der Waals surface area contributed by atoms with Crippen molar-refractivity contribution in [2.75, 3.05) is 30.5 Å². The molecule has 2 atom stereocenters. The first-order valence-electron chi connectivity index (χ1n) is 10.1. The smallest absolute Gasteiger partial charge is 0.421 e. The number of nitrogens with one attached hydrogen (secondary N) is 2. The lowest BCUT2D eigenvalue weighted by molar-refractivity contribution is -0.137. The average molecular weight is 424 g/mol. The van der Waals surface area contributed by atoms with Crippen molar-refractivity contribution in [2.24, 2.45) is 5.92 Å². The molecular weight excluding hydrogens is 401 g/mol. The minimum absolute atomic E-state index is 0.0158. The summed E-state index contributed by atoms with van der Waals surface area (Å²) in [4.78, 5) is 8.09. The number of rotatable bonds is 2. The Balaban J connectivity index is 1.64. The fraction of sp³-hybridized carbons (Fsp3) is 0.632. The van der Waals surface area contributed by atoms with Gasteiger partial charge < -0.3 is 20.1 Å². The van der Waals surface area contributed by atoms with E-state index < -0.39 is 11.7 Å². The summed E-state index contributed by atoms with van der Waals surface area (Å²) in [6.07, 6.45) is -1.68. The van der Waals surface area contributed by atoms with Crippen molar-refractivity contribution in [3.8, 4) is 5.75 Å². The predicted molar refractivity (Wildman–Crippen MR) is 102 cm³/mol. The third kappa shape index (κ3) is 3.44. The zero-order chi connectivity index (χ0) is 21.0. The van der Waals surface area contributed by atoms with Gasteiger partial charge in [0.15, 0.2) is 11.6 Å². The Kier molecular flexibility index (Phi) is 4.53. The molecule has 1 saturated heterocycles. The highest BCUT2D eigenvalue weighted by Crippen LogP contribution is 2.48. The lowest BCUT2D eigenvalue weighted by Crippen LogP contribution is -2.33. The molecule has 0 unspecified atom stereocenters. The number of ether oxygens (including phenoxy) is 2. The van der Waals surface area contributed by atoms with Crippen LogP contribution < -0.4 is 15.4 Å². The molecule has 1 aliphatic carbocycles. The van der Waals surface area contributed by atoms with Crippen molar-refractivity contribution in [3.63, 3.8) is 0 Å². The van der Waals surface area contributed by atoms with Gasteiger partial charge in [-0.2, -0.15) is 23.3 Å². The van der Waals surface area contributed by atoms with Crippen LogP contribution in [0.25, 0.3) is 0 Å². The molecule has 0 aromatic carbocycles. The third-order valence-electron chi connectivity index (χ3n) is 5.63. The molecule has 8 nitrogen and oxygen atoms in total. The molecule has 2 fully saturated rings. The van der Waals surface area contributed by atoms with Gasteiger partial charge in [-0.25, -0.2) is 9.67 Å². The Labute approximate surface area is 171 Å². The van der Waals surface area contributed by atoms with E-state index in [4.69, 9.17) is 14.6 Å². The molecule has 0 amide bonds. The molecule has 2 aromatic rings. The van der Waals surface area contributed by atoms with Gasteiger partial charge in [0, 0.05) is 24.1 Å². The molecule has 1 saturated carbocycles. The topological polar surface area (TPSA) is 86.1 Å². The van der Waals surface area contributed by atoms with Crippen LogP contribution in [0, 0.1) is 5.92 Å². The molecule has 0 radical (unpaired) electrons. The van der Waals surface area contributed by atoms with Crippen LogP contribution in [0.15, 0.2) is 6.20 Å². The molecule has 11 heteroatoms. The van der Waals surface area contributed by atoms with Crippen molar-refractivity contribution >= 4 is 17.6 Å². The minimum Gasteiger partial charge on any atom is -0.487 e. The van der Waals surface area contributed by atoms with E-state index in [1.54, 1.807) is 4.68 Å². The highest BCUT2D eigenvalue weighted by molar-refractivity contribution is 5.63. The van der Waals surface area contributed by atoms with Crippen molar-refractivity contribution in [1.82, 2.24) is 19.7 Å². The molecule has 4 heterocycles. The van der Waals surface area contributed by atoms with Crippen LogP contribution in [-0.2, 0) is 10.9 Å². The summed E-state index contributed by atoms with van der Waals surface area (Å²) in [6.45, 7) is 4.96. The summed E-state index contributed by atoms with van der Waals surface area (Å²) in [7, 11) is 0. The van der Waals surface area contributed by atoms with E-state index in [1.165, 1.54) is 0 Å². The molecule has 2 bridgehead atoms. The molecule has 0 spiro atoms. The van der Waals surface area contributed by atoms with Crippen molar-refractivity contribution in [3.05, 3.63) is 17.5 Å². The van der Waals surface area contributed by atoms with Crippen LogP contribution in [0.4, 0.5) is 30.8 Å². The van der Waals surface area contributed by atoms with E-state index in [0.29, 0.717) is 30.7 Å². The quantitative estimate of drug-likeness (QED) is 0.760. The van der Waals surface area contributed by atoms with Gasteiger partial charge in [0.1, 0.15) is 17.1 Å². The summed E-state index contributed by atoms with van der Waals surface area (Å²) in [6, 6.07) is -0.331. The highest BCUT2D eigenvalue weighted by Gasteiger charge is 2.39. The Bertz CT molecular complexity index is 956. The number of aromatic nitrogens is 4. The second kappa shape index (κ2) is 7.00. The number of anilines is 3. The summed E-state index contributed by atoms with van der Waals surface area (Å²) in [5, 5.41) is 10.7. The fourth-order valence-electron chi connectivity index (χ4n) is 3.84. The largest absolute Gasteiger partial charge is 0.487 e. The Morgan fingerprint density at radius 3 is 2.70 bits per heavy atom. The molecule has 162 valence electrons. The molecular formula is C19H23F3N6O2. The number of halogens is 3. The first kappa shape index (κ1) is 19.4. The second-order valence-corrected chi connectivity index (χ2v) is 8.31. The van der Waals surface area contributed by atoms with E-state index in [9.17, 15) is 13.2 Å². The van der Waals surface area contributed by atoms with Crippen LogP contribution in [0.1, 0.15) is 49.9 Å². The maximum Gasteiger partial charge on any atom is 0.421 e. The Morgan fingerprint density at radius 2 is 2.00 bits per heavy atom. The average Bonchev–Trinajstić information content (AvgIpc) is 3.32. The molecule has 3 aliphatic rings. The van der Waals surface area contributed by atoms with E-state index in [0.717, 1.165) is 24.7 Å². The minimum atomic E-state index is -4.57. The van der Waals surface area contributed by atoms with Crippen molar-refractivity contribution < 1.29 is 22.6 Å². The van der Waals surface area contributed by atoms with Crippen LogP contribution in [0.3, 0.4) is 0 Å². The number of hydrogen-bond donors (Lipinski definition) is 2. The standard InChI is InChI=1S/C19H23F3N6O2/c1-9(2)28-17-15(14(27-28)10-3-4-10)30-7-11-6-29-8-13(11)24-16-12(19(20,21)22)5-23-18(25-16)26-17/h5,9-11,13H,3-4,6-8H2,1-2H3,(H2,23,24,25,26)/t11-,13+/m0/s1. The van der Waals surface area contributed by atoms with Gasteiger partial charge in [0.2, 0.25) is 5.95 Å². The first-order valence-corrected chi connectivity index (χ1v) is 10.1. The van der Waals surface area contributed by atoms with Gasteiger partial charge in [-0.1, -0.05) is 0 Å². The first-order chi connectivity index (χ1) is 14.3. The maximum atomic E-state index is 13.5. The summed E-state index contributed by atoms with van der Waals surface area (Å²) in [5.74, 6) is 1.20. The Hall–Kier alpha value is -2.56. The summed E-state index contributed by atoms with van der Waals surface area (Å²) < 4.78 is 54.1.